The number of alkyl halides is 1. The number of halogens is 1. The van der Waals surface area contributed by atoms with Gasteiger partial charge in [-0.1, -0.05) is 13.8 Å². The Morgan fingerprint density at radius 1 is 1.19 bits per heavy atom. The molecule has 26 heavy (non-hydrogen) atoms. The monoisotopic (exact) mass is 407 g/mol. The van der Waals surface area contributed by atoms with Gasteiger partial charge in [-0.15, -0.1) is 11.6 Å². The second kappa shape index (κ2) is 6.58. The van der Waals surface area contributed by atoms with E-state index in [0.29, 0.717) is 18.4 Å². The summed E-state index contributed by atoms with van der Waals surface area (Å²) in [5, 5.41) is 0. The Hall–Kier alpha value is 0.120. The molecule has 0 amide bonds. The van der Waals surface area contributed by atoms with Gasteiger partial charge in [0.15, 0.2) is 5.79 Å². The van der Waals surface area contributed by atoms with E-state index in [4.69, 9.17) is 21.1 Å². The molecule has 0 aromatic heterocycles. The predicted octanol–water partition coefficient (Wildman–Crippen LogP) is 3.61. The quantitative estimate of drug-likeness (QED) is 0.631. The summed E-state index contributed by atoms with van der Waals surface area (Å²) in [6.07, 6.45) is 2.47. The van der Waals surface area contributed by atoms with Gasteiger partial charge < -0.3 is 9.47 Å². The minimum Gasteiger partial charge on any atom is -0.347 e. The lowest BCUT2D eigenvalue weighted by atomic mass is 9.68. The molecule has 4 atom stereocenters. The van der Waals surface area contributed by atoms with E-state index in [0.717, 1.165) is 19.3 Å². The van der Waals surface area contributed by atoms with Crippen molar-refractivity contribution in [2.75, 3.05) is 18.2 Å². The first-order valence-corrected chi connectivity index (χ1v) is 12.0. The molecule has 1 spiro atoms. The number of fused-ring (bicyclic) bond motifs is 3. The van der Waals surface area contributed by atoms with Crippen LogP contribution in [0.4, 0.5) is 0 Å². The zero-order valence-corrected chi connectivity index (χ0v) is 18.5. The van der Waals surface area contributed by atoms with E-state index in [9.17, 15) is 8.42 Å². The minimum atomic E-state index is -3.47. The topological polar surface area (TPSA) is 55.8 Å². The van der Waals surface area contributed by atoms with E-state index >= 15 is 0 Å². The van der Waals surface area contributed by atoms with Gasteiger partial charge in [0.2, 0.25) is 10.0 Å². The van der Waals surface area contributed by atoms with Crippen LogP contribution in [0, 0.1) is 16.7 Å². The van der Waals surface area contributed by atoms with Crippen LogP contribution in [0.5, 0.6) is 0 Å². The molecule has 1 heterocycles. The second-order valence-corrected chi connectivity index (χ2v) is 11.7. The number of nitrogens with zero attached hydrogens (tertiary/aromatic N) is 1. The smallest absolute Gasteiger partial charge is 0.215 e. The molecule has 3 aliphatic rings. The van der Waals surface area contributed by atoms with Crippen molar-refractivity contribution >= 4 is 21.6 Å². The molecule has 2 saturated carbocycles. The average Bonchev–Trinajstić information content (AvgIpc) is 3.06. The molecule has 0 aromatic carbocycles. The first-order chi connectivity index (χ1) is 11.9. The molecule has 1 saturated heterocycles. The molecule has 0 N–H and O–H groups in total. The number of rotatable bonds is 6. The lowest BCUT2D eigenvalue weighted by Gasteiger charge is -2.48. The van der Waals surface area contributed by atoms with Crippen LogP contribution in [0.25, 0.3) is 0 Å². The standard InChI is InChI=1S/C19H34ClNO4S/c1-13(2)21(14(3)4)26(22,23)12-18-8-7-15(17(18,5)6)9-19(18)24-11-16(10-20)25-19/h13-16H,7-12H2,1-6H3/t15-,16?,18+,19+/m0/s1. The highest BCUT2D eigenvalue weighted by Crippen LogP contribution is 2.72. The minimum absolute atomic E-state index is 0.0740. The summed E-state index contributed by atoms with van der Waals surface area (Å²) >= 11 is 6.02. The van der Waals surface area contributed by atoms with Gasteiger partial charge >= 0.3 is 0 Å². The summed E-state index contributed by atoms with van der Waals surface area (Å²) in [5.74, 6) is 0.0543. The van der Waals surface area contributed by atoms with Gasteiger partial charge in [0.25, 0.3) is 0 Å². The SMILES string of the molecule is CC(C)N(C(C)C)S(=O)(=O)C[C@@]12CC[C@@H](C[C@]13OCC(CCl)O3)C2(C)C. The van der Waals surface area contributed by atoms with Crippen LogP contribution in [0.2, 0.25) is 0 Å². The third kappa shape index (κ3) is 2.78. The third-order valence-electron chi connectivity index (χ3n) is 7.22. The van der Waals surface area contributed by atoms with Gasteiger partial charge in [-0.25, -0.2) is 8.42 Å². The maximum atomic E-state index is 13.5. The summed E-state index contributed by atoms with van der Waals surface area (Å²) in [7, 11) is -3.47. The number of ether oxygens (including phenoxy) is 2. The molecule has 2 bridgehead atoms. The summed E-state index contributed by atoms with van der Waals surface area (Å²) < 4.78 is 41.3. The first-order valence-electron chi connectivity index (χ1n) is 9.81. The number of sulfonamides is 1. The average molecular weight is 408 g/mol. The number of hydrogen-bond acceptors (Lipinski definition) is 4. The van der Waals surface area contributed by atoms with E-state index in [1.807, 2.05) is 27.7 Å². The zero-order valence-electron chi connectivity index (χ0n) is 16.9. The predicted molar refractivity (Wildman–Crippen MR) is 104 cm³/mol. The molecule has 7 heteroatoms. The number of hydrogen-bond donors (Lipinski definition) is 0. The Morgan fingerprint density at radius 2 is 1.81 bits per heavy atom. The molecule has 5 nitrogen and oxygen atoms in total. The van der Waals surface area contributed by atoms with E-state index in [1.54, 1.807) is 4.31 Å². The summed E-state index contributed by atoms with van der Waals surface area (Å²) in [5.41, 5.74) is -0.687. The normalized spacial score (nSPS) is 39.2. The molecule has 1 aliphatic heterocycles. The lowest BCUT2D eigenvalue weighted by molar-refractivity contribution is -0.242. The van der Waals surface area contributed by atoms with Crippen molar-refractivity contribution in [1.29, 1.82) is 0 Å². The fourth-order valence-corrected chi connectivity index (χ4v) is 8.99. The van der Waals surface area contributed by atoms with Crippen molar-refractivity contribution in [3.8, 4) is 0 Å². The Kier molecular flexibility index (Phi) is 5.28. The lowest BCUT2D eigenvalue weighted by Crippen LogP contribution is -2.57. The molecule has 0 aromatic rings. The second-order valence-electron chi connectivity index (χ2n) is 9.48. The van der Waals surface area contributed by atoms with Gasteiger partial charge in [0, 0.05) is 23.9 Å². The Balaban J connectivity index is 2.02. The van der Waals surface area contributed by atoms with Crippen molar-refractivity contribution < 1.29 is 17.9 Å². The fraction of sp³-hybridized carbons (Fsp3) is 1.00. The third-order valence-corrected chi connectivity index (χ3v) is 9.90. The Bertz CT molecular complexity index is 642. The molecule has 3 fully saturated rings. The Labute approximate surface area is 163 Å². The first kappa shape index (κ1) is 20.8. The highest BCUT2D eigenvalue weighted by Gasteiger charge is 2.75. The van der Waals surface area contributed by atoms with E-state index < -0.39 is 21.2 Å². The van der Waals surface area contributed by atoms with Crippen LogP contribution in [-0.2, 0) is 19.5 Å². The van der Waals surface area contributed by atoms with Crippen LogP contribution >= 0.6 is 11.6 Å². The van der Waals surface area contributed by atoms with Crippen molar-refractivity contribution in [2.24, 2.45) is 16.7 Å². The van der Waals surface area contributed by atoms with Crippen LogP contribution < -0.4 is 0 Å². The van der Waals surface area contributed by atoms with E-state index in [-0.39, 0.29) is 29.4 Å². The molecule has 3 rings (SSSR count). The summed E-state index contributed by atoms with van der Waals surface area (Å²) in [4.78, 5) is 0. The van der Waals surface area contributed by atoms with Crippen molar-refractivity contribution in [2.45, 2.75) is 84.8 Å². The maximum absolute atomic E-state index is 13.5. The fourth-order valence-electron chi connectivity index (χ4n) is 6.04. The van der Waals surface area contributed by atoms with Crippen molar-refractivity contribution in [3.63, 3.8) is 0 Å². The zero-order chi connectivity index (χ0) is 19.5. The molecular weight excluding hydrogens is 374 g/mol. The molecule has 0 radical (unpaired) electrons. The highest BCUT2D eigenvalue weighted by atomic mass is 35.5. The van der Waals surface area contributed by atoms with Crippen LogP contribution in [0.3, 0.4) is 0 Å². The molecule has 2 aliphatic carbocycles. The van der Waals surface area contributed by atoms with Gasteiger partial charge in [-0.2, -0.15) is 4.31 Å². The van der Waals surface area contributed by atoms with Gasteiger partial charge in [0.05, 0.1) is 24.3 Å². The van der Waals surface area contributed by atoms with Crippen molar-refractivity contribution in [3.05, 3.63) is 0 Å². The van der Waals surface area contributed by atoms with Gasteiger partial charge in [-0.05, 0) is 51.9 Å². The molecular formula is C19H34ClNO4S. The van der Waals surface area contributed by atoms with Crippen molar-refractivity contribution in [1.82, 2.24) is 4.31 Å². The van der Waals surface area contributed by atoms with E-state index in [2.05, 4.69) is 13.8 Å². The van der Waals surface area contributed by atoms with Crippen LogP contribution in [0.15, 0.2) is 0 Å². The summed E-state index contributed by atoms with van der Waals surface area (Å²) in [6, 6.07) is -0.148. The van der Waals surface area contributed by atoms with Crippen LogP contribution in [0.1, 0.15) is 60.8 Å². The summed E-state index contributed by atoms with van der Waals surface area (Å²) in [6.45, 7) is 12.6. The van der Waals surface area contributed by atoms with Crippen LogP contribution in [-0.4, -0.2) is 54.9 Å². The van der Waals surface area contributed by atoms with Gasteiger partial charge in [-0.3, -0.25) is 0 Å². The molecule has 152 valence electrons. The van der Waals surface area contributed by atoms with E-state index in [1.165, 1.54) is 0 Å². The van der Waals surface area contributed by atoms with Gasteiger partial charge in [0.1, 0.15) is 0 Å². The maximum Gasteiger partial charge on any atom is 0.215 e. The largest absolute Gasteiger partial charge is 0.347 e. The molecule has 1 unspecified atom stereocenters. The Morgan fingerprint density at radius 3 is 2.27 bits per heavy atom. The highest BCUT2D eigenvalue weighted by molar-refractivity contribution is 7.89.